The maximum Gasteiger partial charge on any atom is 0.275 e. The number of rotatable bonds is 6. The molecule has 2 atom stereocenters. The zero-order chi connectivity index (χ0) is 24.3. The van der Waals surface area contributed by atoms with Gasteiger partial charge in [0.2, 0.25) is 0 Å². The molecule has 35 heavy (non-hydrogen) atoms. The van der Waals surface area contributed by atoms with Crippen molar-refractivity contribution in [2.75, 3.05) is 19.6 Å². The molecule has 2 heterocycles. The summed E-state index contributed by atoms with van der Waals surface area (Å²) in [5.74, 6) is -0.0344. The van der Waals surface area contributed by atoms with E-state index < -0.39 is 5.60 Å². The molecule has 6 nitrogen and oxygen atoms in total. The second-order valence-corrected chi connectivity index (χ2v) is 10.1. The summed E-state index contributed by atoms with van der Waals surface area (Å²) in [6.45, 7) is 4.25. The van der Waals surface area contributed by atoms with Crippen LogP contribution in [0.5, 0.6) is 0 Å². The number of benzene rings is 2. The lowest BCUT2D eigenvalue weighted by Crippen LogP contribution is -2.54. The van der Waals surface area contributed by atoms with Gasteiger partial charge in [0.25, 0.3) is 5.91 Å². The van der Waals surface area contributed by atoms with Crippen LogP contribution < -0.4 is 5.32 Å². The van der Waals surface area contributed by atoms with Crippen LogP contribution in [0, 0.1) is 0 Å². The lowest BCUT2D eigenvalue weighted by molar-refractivity contribution is -0.0369. The molecule has 1 saturated carbocycles. The molecule has 2 aliphatic rings. The Labute approximate surface area is 208 Å². The van der Waals surface area contributed by atoms with Crippen molar-refractivity contribution in [1.82, 2.24) is 19.8 Å². The average molecular weight is 473 g/mol. The predicted octanol–water partition coefficient (Wildman–Crippen LogP) is 4.46. The van der Waals surface area contributed by atoms with E-state index in [9.17, 15) is 9.90 Å². The van der Waals surface area contributed by atoms with E-state index in [0.717, 1.165) is 56.5 Å². The predicted molar refractivity (Wildman–Crippen MR) is 138 cm³/mol. The maximum absolute atomic E-state index is 14.0. The molecule has 0 bridgehead atoms. The minimum Gasteiger partial charge on any atom is -0.388 e. The first-order chi connectivity index (χ1) is 17.1. The number of carbonyl (C=O) groups is 1. The van der Waals surface area contributed by atoms with Crippen molar-refractivity contribution >= 4 is 5.91 Å². The fourth-order valence-corrected chi connectivity index (χ4v) is 5.77. The molecule has 0 radical (unpaired) electrons. The first kappa shape index (κ1) is 23.8. The quantitative estimate of drug-likeness (QED) is 0.556. The summed E-state index contributed by atoms with van der Waals surface area (Å²) < 4.78 is 2.04. The van der Waals surface area contributed by atoms with Gasteiger partial charge in [0, 0.05) is 31.2 Å². The van der Waals surface area contributed by atoms with Crippen molar-refractivity contribution in [3.63, 3.8) is 0 Å². The first-order valence-corrected chi connectivity index (χ1v) is 13.0. The number of hydrogen-bond donors (Lipinski definition) is 2. The third-order valence-electron chi connectivity index (χ3n) is 7.88. The largest absolute Gasteiger partial charge is 0.388 e. The van der Waals surface area contributed by atoms with Gasteiger partial charge in [-0.15, -0.1) is 0 Å². The second kappa shape index (κ2) is 10.3. The van der Waals surface area contributed by atoms with E-state index in [4.69, 9.17) is 4.98 Å². The Morgan fingerprint density at radius 2 is 1.77 bits per heavy atom. The number of amides is 1. The van der Waals surface area contributed by atoms with Gasteiger partial charge in [-0.05, 0) is 31.7 Å². The third kappa shape index (κ3) is 4.91. The molecule has 1 saturated heterocycles. The fraction of sp³-hybridized carbons (Fsp3) is 0.448. The number of hydrogen-bond acceptors (Lipinski definition) is 4. The Morgan fingerprint density at radius 3 is 2.49 bits per heavy atom. The van der Waals surface area contributed by atoms with Crippen LogP contribution in [-0.2, 0) is 6.42 Å². The van der Waals surface area contributed by atoms with Gasteiger partial charge in [0.15, 0.2) is 5.69 Å². The summed E-state index contributed by atoms with van der Waals surface area (Å²) in [5.41, 5.74) is 2.67. The van der Waals surface area contributed by atoms with Crippen LogP contribution in [0.4, 0.5) is 0 Å². The molecular formula is C29H36N4O2. The minimum atomic E-state index is -0.784. The van der Waals surface area contributed by atoms with Crippen LogP contribution in [0.3, 0.4) is 0 Å². The Balaban J connectivity index is 1.50. The minimum absolute atomic E-state index is 0.0344. The lowest BCUT2D eigenvalue weighted by Gasteiger charge is -2.39. The fourth-order valence-electron chi connectivity index (χ4n) is 5.77. The number of imidazole rings is 1. The van der Waals surface area contributed by atoms with Gasteiger partial charge >= 0.3 is 0 Å². The van der Waals surface area contributed by atoms with Crippen LogP contribution in [0.25, 0.3) is 11.3 Å². The van der Waals surface area contributed by atoms with Gasteiger partial charge in [0.1, 0.15) is 0 Å². The number of aromatic nitrogens is 2. The van der Waals surface area contributed by atoms with E-state index in [-0.39, 0.29) is 18.0 Å². The van der Waals surface area contributed by atoms with E-state index in [1.165, 1.54) is 12.0 Å². The number of piperazine rings is 1. The van der Waals surface area contributed by atoms with Gasteiger partial charge in [-0.2, -0.15) is 0 Å². The average Bonchev–Trinajstić information content (AvgIpc) is 3.35. The molecule has 5 rings (SSSR count). The van der Waals surface area contributed by atoms with Crippen molar-refractivity contribution in [3.05, 3.63) is 78.2 Å². The van der Waals surface area contributed by atoms with Crippen LogP contribution in [0.15, 0.2) is 67.0 Å². The molecule has 2 aromatic carbocycles. The number of aliphatic hydroxyl groups is 1. The Kier molecular flexibility index (Phi) is 7.02. The highest BCUT2D eigenvalue weighted by atomic mass is 16.3. The first-order valence-electron chi connectivity index (χ1n) is 13.0. The number of nitrogens with one attached hydrogen (secondary N) is 1. The second-order valence-electron chi connectivity index (χ2n) is 10.1. The standard InChI is InChI=1S/C29H36N4O2/c1-22(29(35)15-9-4-10-16-29)33-21-31-26(27(33)24-13-7-3-8-14-24)28(34)32-18-17-30-20-25(32)19-23-11-5-2-6-12-23/h2-3,5-8,11-14,21-22,25,30,35H,4,9-10,15-20H2,1H3/t22-,25+/m0/s1. The zero-order valence-corrected chi connectivity index (χ0v) is 20.6. The summed E-state index contributed by atoms with van der Waals surface area (Å²) in [6, 6.07) is 20.3. The molecule has 1 aromatic heterocycles. The molecule has 6 heteroatoms. The molecule has 2 fully saturated rings. The van der Waals surface area contributed by atoms with E-state index in [0.29, 0.717) is 12.2 Å². The molecule has 1 aliphatic heterocycles. The van der Waals surface area contributed by atoms with Crippen molar-refractivity contribution in [1.29, 1.82) is 0 Å². The van der Waals surface area contributed by atoms with Crippen LogP contribution >= 0.6 is 0 Å². The highest BCUT2D eigenvalue weighted by molar-refractivity contribution is 5.98. The van der Waals surface area contributed by atoms with Gasteiger partial charge in [-0.1, -0.05) is 79.9 Å². The molecule has 2 N–H and O–H groups in total. The highest BCUT2D eigenvalue weighted by Crippen LogP contribution is 2.39. The Hall–Kier alpha value is -2.96. The van der Waals surface area contributed by atoms with Crippen molar-refractivity contribution in [3.8, 4) is 11.3 Å². The van der Waals surface area contributed by atoms with Gasteiger partial charge in [0.05, 0.1) is 23.7 Å². The molecule has 1 aliphatic carbocycles. The smallest absolute Gasteiger partial charge is 0.275 e. The Morgan fingerprint density at radius 1 is 1.09 bits per heavy atom. The SMILES string of the molecule is C[C@H](n1cnc(C(=O)N2CCNC[C@H]2Cc2ccccc2)c1-c1ccccc1)C1(O)CCCCC1. The van der Waals surface area contributed by atoms with Crippen molar-refractivity contribution in [2.45, 2.75) is 63.1 Å². The van der Waals surface area contributed by atoms with Crippen LogP contribution in [-0.4, -0.2) is 56.7 Å². The zero-order valence-electron chi connectivity index (χ0n) is 20.6. The van der Waals surface area contributed by atoms with Crippen LogP contribution in [0.1, 0.15) is 61.1 Å². The summed E-state index contributed by atoms with van der Waals surface area (Å²) in [5, 5.41) is 15.0. The lowest BCUT2D eigenvalue weighted by atomic mass is 9.80. The maximum atomic E-state index is 14.0. The summed E-state index contributed by atoms with van der Waals surface area (Å²) >= 11 is 0. The van der Waals surface area contributed by atoms with E-state index >= 15 is 0 Å². The van der Waals surface area contributed by atoms with E-state index in [2.05, 4.69) is 24.4 Å². The number of nitrogens with zero attached hydrogens (tertiary/aromatic N) is 3. The Bertz CT molecular complexity index is 1120. The summed E-state index contributed by atoms with van der Waals surface area (Å²) in [4.78, 5) is 20.7. The molecule has 1 amide bonds. The molecule has 0 spiro atoms. The monoisotopic (exact) mass is 472 g/mol. The summed E-state index contributed by atoms with van der Waals surface area (Å²) in [7, 11) is 0. The third-order valence-corrected chi connectivity index (χ3v) is 7.88. The van der Waals surface area contributed by atoms with Gasteiger partial charge in [-0.3, -0.25) is 4.79 Å². The summed E-state index contributed by atoms with van der Waals surface area (Å²) in [6.07, 6.45) is 7.35. The number of carbonyl (C=O) groups excluding carboxylic acids is 1. The molecular weight excluding hydrogens is 436 g/mol. The van der Waals surface area contributed by atoms with Gasteiger partial charge in [-0.25, -0.2) is 4.98 Å². The van der Waals surface area contributed by atoms with E-state index in [1.54, 1.807) is 6.33 Å². The highest BCUT2D eigenvalue weighted by Gasteiger charge is 2.39. The molecule has 3 aromatic rings. The molecule has 184 valence electrons. The normalized spacial score (nSPS) is 21.0. The van der Waals surface area contributed by atoms with Crippen molar-refractivity contribution < 1.29 is 9.90 Å². The van der Waals surface area contributed by atoms with Crippen molar-refractivity contribution in [2.24, 2.45) is 0 Å². The molecule has 0 unspecified atom stereocenters. The van der Waals surface area contributed by atoms with Crippen LogP contribution in [0.2, 0.25) is 0 Å². The van der Waals surface area contributed by atoms with Gasteiger partial charge < -0.3 is 19.9 Å². The topological polar surface area (TPSA) is 70.4 Å². The van der Waals surface area contributed by atoms with E-state index in [1.807, 2.05) is 58.0 Å².